The van der Waals surface area contributed by atoms with Gasteiger partial charge in [-0.25, -0.2) is 8.42 Å². The summed E-state index contributed by atoms with van der Waals surface area (Å²) in [4.78, 5) is 28.5. The molecule has 0 saturated heterocycles. The number of anilines is 1. The van der Waals surface area contributed by atoms with Crippen LogP contribution in [0.5, 0.6) is 5.75 Å². The molecule has 0 unspecified atom stereocenters. The maximum atomic E-state index is 14.0. The summed E-state index contributed by atoms with van der Waals surface area (Å²) < 4.78 is 34.8. The predicted molar refractivity (Wildman–Crippen MR) is 166 cm³/mol. The van der Waals surface area contributed by atoms with Crippen molar-refractivity contribution in [3.63, 3.8) is 0 Å². The van der Waals surface area contributed by atoms with Crippen LogP contribution in [0, 0.1) is 6.92 Å². The molecule has 0 aliphatic carbocycles. The first-order valence-corrected chi connectivity index (χ1v) is 15.8. The van der Waals surface area contributed by atoms with Crippen molar-refractivity contribution in [1.29, 1.82) is 0 Å². The average molecular weight is 665 g/mol. The van der Waals surface area contributed by atoms with Crippen LogP contribution in [-0.4, -0.2) is 50.9 Å². The van der Waals surface area contributed by atoms with Crippen LogP contribution in [-0.2, 0) is 26.2 Å². The molecule has 2 amide bonds. The van der Waals surface area contributed by atoms with Crippen LogP contribution in [0.15, 0.2) is 76.1 Å². The summed E-state index contributed by atoms with van der Waals surface area (Å²) >= 11 is 9.55. The van der Waals surface area contributed by atoms with Gasteiger partial charge in [-0.1, -0.05) is 48.4 Å². The molecule has 3 aromatic carbocycles. The molecule has 0 fully saturated rings. The van der Waals surface area contributed by atoms with Crippen molar-refractivity contribution in [2.45, 2.75) is 57.6 Å². The summed E-state index contributed by atoms with van der Waals surface area (Å²) in [5.41, 5.74) is 1.95. The zero-order valence-electron chi connectivity index (χ0n) is 23.7. The average Bonchev–Trinajstić information content (AvgIpc) is 2.94. The number of sulfonamides is 1. The largest absolute Gasteiger partial charge is 0.496 e. The van der Waals surface area contributed by atoms with Crippen molar-refractivity contribution in [3.05, 3.63) is 87.4 Å². The lowest BCUT2D eigenvalue weighted by molar-refractivity contribution is -0.139. The second kappa shape index (κ2) is 14.2. The third-order valence-corrected chi connectivity index (χ3v) is 9.35. The molecule has 2 atom stereocenters. The minimum Gasteiger partial charge on any atom is -0.496 e. The van der Waals surface area contributed by atoms with Gasteiger partial charge in [0.2, 0.25) is 11.8 Å². The summed E-state index contributed by atoms with van der Waals surface area (Å²) in [7, 11) is -2.73. The van der Waals surface area contributed by atoms with Crippen LogP contribution >= 0.6 is 27.5 Å². The number of carbonyl (C=O) groups is 2. The summed E-state index contributed by atoms with van der Waals surface area (Å²) in [6, 6.07) is 17.3. The number of carbonyl (C=O) groups excluding carboxylic acids is 2. The topological polar surface area (TPSA) is 96.0 Å². The van der Waals surface area contributed by atoms with Crippen molar-refractivity contribution in [2.24, 2.45) is 0 Å². The van der Waals surface area contributed by atoms with E-state index in [0.29, 0.717) is 26.5 Å². The van der Waals surface area contributed by atoms with Gasteiger partial charge in [-0.3, -0.25) is 13.9 Å². The van der Waals surface area contributed by atoms with Crippen molar-refractivity contribution < 1.29 is 22.7 Å². The maximum absolute atomic E-state index is 14.0. The highest BCUT2D eigenvalue weighted by Gasteiger charge is 2.33. The number of ether oxygens (including phenoxy) is 1. The Kier molecular flexibility index (Phi) is 11.2. The Labute approximate surface area is 255 Å². The van der Waals surface area contributed by atoms with Crippen molar-refractivity contribution >= 4 is 55.1 Å². The lowest BCUT2D eigenvalue weighted by Gasteiger charge is -2.32. The van der Waals surface area contributed by atoms with Gasteiger partial charge in [0, 0.05) is 17.6 Å². The van der Waals surface area contributed by atoms with Crippen LogP contribution in [0.3, 0.4) is 0 Å². The molecule has 220 valence electrons. The van der Waals surface area contributed by atoms with E-state index in [9.17, 15) is 18.0 Å². The number of aryl methyl sites for hydroxylation is 1. The van der Waals surface area contributed by atoms with E-state index < -0.39 is 28.5 Å². The van der Waals surface area contributed by atoms with E-state index in [1.807, 2.05) is 20.8 Å². The third-order valence-electron chi connectivity index (χ3n) is 6.72. The number of methoxy groups -OCH3 is 1. The van der Waals surface area contributed by atoms with Crippen molar-refractivity contribution in [3.8, 4) is 5.75 Å². The Bertz CT molecular complexity index is 1480. The number of hydrogen-bond donors (Lipinski definition) is 1. The second-order valence-corrected chi connectivity index (χ2v) is 12.9. The number of nitrogens with one attached hydrogen (secondary N) is 1. The molecule has 0 saturated carbocycles. The Morgan fingerprint density at radius 1 is 1.05 bits per heavy atom. The zero-order chi connectivity index (χ0) is 30.3. The van der Waals surface area contributed by atoms with Gasteiger partial charge in [-0.2, -0.15) is 0 Å². The lowest BCUT2D eigenvalue weighted by atomic mass is 10.1. The third kappa shape index (κ3) is 8.24. The highest BCUT2D eigenvalue weighted by atomic mass is 79.9. The lowest BCUT2D eigenvalue weighted by Crippen LogP contribution is -2.52. The first-order valence-electron chi connectivity index (χ1n) is 13.1. The van der Waals surface area contributed by atoms with Crippen LogP contribution in [0.2, 0.25) is 5.02 Å². The highest BCUT2D eigenvalue weighted by molar-refractivity contribution is 9.10. The summed E-state index contributed by atoms with van der Waals surface area (Å²) in [6.45, 7) is 6.88. The minimum atomic E-state index is -4.21. The number of amides is 2. The summed E-state index contributed by atoms with van der Waals surface area (Å²) in [6.07, 6.45) is 0.720. The molecule has 0 spiro atoms. The smallest absolute Gasteiger partial charge is 0.264 e. The molecule has 1 N–H and O–H groups in total. The van der Waals surface area contributed by atoms with E-state index in [4.69, 9.17) is 16.3 Å². The zero-order valence-corrected chi connectivity index (χ0v) is 26.9. The second-order valence-electron chi connectivity index (χ2n) is 9.79. The first-order chi connectivity index (χ1) is 19.4. The van der Waals surface area contributed by atoms with E-state index in [0.717, 1.165) is 16.3 Å². The van der Waals surface area contributed by atoms with Crippen LogP contribution in [0.1, 0.15) is 38.3 Å². The van der Waals surface area contributed by atoms with Gasteiger partial charge in [-0.15, -0.1) is 0 Å². The predicted octanol–water partition coefficient (Wildman–Crippen LogP) is 5.95. The first kappa shape index (κ1) is 32.4. The number of rotatable bonds is 12. The highest BCUT2D eigenvalue weighted by Crippen LogP contribution is 2.31. The molecule has 0 aromatic heterocycles. The van der Waals surface area contributed by atoms with E-state index in [1.54, 1.807) is 61.5 Å². The molecule has 0 radical (unpaired) electrons. The molecule has 11 heteroatoms. The maximum Gasteiger partial charge on any atom is 0.264 e. The molecular weight excluding hydrogens is 630 g/mol. The van der Waals surface area contributed by atoms with Crippen LogP contribution in [0.25, 0.3) is 0 Å². The fourth-order valence-electron chi connectivity index (χ4n) is 4.05. The summed E-state index contributed by atoms with van der Waals surface area (Å²) in [5.74, 6) is -0.414. The molecular formula is C30H35BrClN3O5S. The molecule has 41 heavy (non-hydrogen) atoms. The Balaban J connectivity index is 2.05. The molecule has 0 bridgehead atoms. The van der Waals surface area contributed by atoms with Crippen molar-refractivity contribution in [1.82, 2.24) is 10.2 Å². The SMILES string of the molecule is CC[C@H](C)NC(=O)[C@H](C)N(Cc1cccc(Cl)c1)C(=O)CN(c1ccc(C)cc1)S(=O)(=O)c1ccc(OC)c(Br)c1. The fraction of sp³-hybridized carbons (Fsp3) is 0.333. The van der Waals surface area contributed by atoms with Gasteiger partial charge in [0.25, 0.3) is 10.0 Å². The quantitative estimate of drug-likeness (QED) is 0.258. The number of benzene rings is 3. The molecule has 0 heterocycles. The molecule has 3 aromatic rings. The normalized spacial score (nSPS) is 12.8. The van der Waals surface area contributed by atoms with E-state index in [1.165, 1.54) is 24.1 Å². The Hall–Kier alpha value is -3.08. The van der Waals surface area contributed by atoms with E-state index >= 15 is 0 Å². The number of hydrogen-bond acceptors (Lipinski definition) is 5. The van der Waals surface area contributed by atoms with E-state index in [-0.39, 0.29) is 23.4 Å². The molecule has 8 nitrogen and oxygen atoms in total. The van der Waals surface area contributed by atoms with Crippen LogP contribution in [0.4, 0.5) is 5.69 Å². The fourth-order valence-corrected chi connectivity index (χ4v) is 6.40. The van der Waals surface area contributed by atoms with Crippen LogP contribution < -0.4 is 14.4 Å². The number of halogens is 2. The van der Waals surface area contributed by atoms with Gasteiger partial charge in [0.15, 0.2) is 0 Å². The summed E-state index contributed by atoms with van der Waals surface area (Å²) in [5, 5.41) is 3.41. The molecule has 3 rings (SSSR count). The standard InChI is InChI=1S/C30H35BrClN3O5S/c1-6-21(3)33-30(37)22(4)34(18-23-8-7-9-24(32)16-23)29(36)19-35(25-12-10-20(2)11-13-25)41(38,39)26-14-15-28(40-5)27(31)17-26/h7-17,21-22H,6,18-19H2,1-5H3,(H,33,37)/t21-,22-/m0/s1. The Morgan fingerprint density at radius 2 is 1.73 bits per heavy atom. The van der Waals surface area contributed by atoms with E-state index in [2.05, 4.69) is 21.2 Å². The van der Waals surface area contributed by atoms with Gasteiger partial charge in [0.05, 0.1) is 22.2 Å². The molecule has 0 aliphatic heterocycles. The van der Waals surface area contributed by atoms with Crippen molar-refractivity contribution in [2.75, 3.05) is 18.0 Å². The monoisotopic (exact) mass is 663 g/mol. The van der Waals surface area contributed by atoms with Gasteiger partial charge >= 0.3 is 0 Å². The molecule has 0 aliphatic rings. The number of nitrogens with zero attached hydrogens (tertiary/aromatic N) is 2. The van der Waals surface area contributed by atoms with Gasteiger partial charge < -0.3 is 15.0 Å². The van der Waals surface area contributed by atoms with Gasteiger partial charge in [-0.05, 0) is 91.1 Å². The van der Waals surface area contributed by atoms with Gasteiger partial charge in [0.1, 0.15) is 18.3 Å². The minimum absolute atomic E-state index is 0.0255. The Morgan fingerprint density at radius 3 is 2.32 bits per heavy atom.